The van der Waals surface area contributed by atoms with E-state index in [1.54, 1.807) is 0 Å². The van der Waals surface area contributed by atoms with Gasteiger partial charge in [-0.25, -0.2) is 0 Å². The first-order valence-electron chi connectivity index (χ1n) is 10.8. The number of hydrogen-bond donors (Lipinski definition) is 2. The molecule has 5 nitrogen and oxygen atoms in total. The van der Waals surface area contributed by atoms with Crippen LogP contribution in [0.4, 0.5) is 0 Å². The van der Waals surface area contributed by atoms with Gasteiger partial charge in [-0.2, -0.15) is 0 Å². The van der Waals surface area contributed by atoms with Crippen molar-refractivity contribution in [2.24, 2.45) is 5.92 Å². The zero-order chi connectivity index (χ0) is 21.6. The summed E-state index contributed by atoms with van der Waals surface area (Å²) < 4.78 is 6.51. The fourth-order valence-electron chi connectivity index (χ4n) is 4.30. The Morgan fingerprint density at radius 2 is 1.73 bits per heavy atom. The molecular formula is C25H34NO4+. The van der Waals surface area contributed by atoms with Crippen molar-refractivity contribution in [1.82, 2.24) is 0 Å². The molecule has 162 valence electrons. The van der Waals surface area contributed by atoms with Gasteiger partial charge in [-0.1, -0.05) is 36.4 Å². The van der Waals surface area contributed by atoms with Gasteiger partial charge >= 0.3 is 5.97 Å². The predicted molar refractivity (Wildman–Crippen MR) is 118 cm³/mol. The van der Waals surface area contributed by atoms with E-state index in [-0.39, 0.29) is 13.0 Å². The van der Waals surface area contributed by atoms with Gasteiger partial charge in [0.05, 0.1) is 20.6 Å². The van der Waals surface area contributed by atoms with E-state index in [1.807, 2.05) is 24.3 Å². The van der Waals surface area contributed by atoms with Gasteiger partial charge in [-0.3, -0.25) is 4.79 Å². The molecule has 0 heterocycles. The van der Waals surface area contributed by atoms with E-state index in [0.29, 0.717) is 24.6 Å². The van der Waals surface area contributed by atoms with E-state index in [2.05, 4.69) is 38.4 Å². The van der Waals surface area contributed by atoms with Gasteiger partial charge in [0.25, 0.3) is 0 Å². The molecule has 5 heteroatoms. The Hall–Kier alpha value is -2.37. The molecule has 0 amide bonds. The number of carboxylic acid groups (broad SMARTS) is 1. The number of aliphatic hydroxyl groups excluding tert-OH is 1. The molecule has 0 unspecified atom stereocenters. The van der Waals surface area contributed by atoms with Gasteiger partial charge in [0.1, 0.15) is 25.0 Å². The van der Waals surface area contributed by atoms with Crippen molar-refractivity contribution in [1.29, 1.82) is 0 Å². The first-order valence-corrected chi connectivity index (χ1v) is 10.8. The highest BCUT2D eigenvalue weighted by Crippen LogP contribution is 2.29. The van der Waals surface area contributed by atoms with Gasteiger partial charge in [0, 0.05) is 12.8 Å². The van der Waals surface area contributed by atoms with E-state index in [1.165, 1.54) is 24.0 Å². The SMILES string of the molecule is C[N+](C)(CCC1Cc2ccccc2C1)C[C@@H](O)COc1ccc(CCC(=O)O)cc1. The summed E-state index contributed by atoms with van der Waals surface area (Å²) in [6, 6.07) is 16.2. The topological polar surface area (TPSA) is 66.8 Å². The van der Waals surface area contributed by atoms with Crippen molar-refractivity contribution in [3.05, 3.63) is 65.2 Å². The maximum Gasteiger partial charge on any atom is 0.303 e. The highest BCUT2D eigenvalue weighted by molar-refractivity contribution is 5.67. The summed E-state index contributed by atoms with van der Waals surface area (Å²) in [6.45, 7) is 1.94. The summed E-state index contributed by atoms with van der Waals surface area (Å²) in [5, 5.41) is 19.2. The number of rotatable bonds is 11. The van der Waals surface area contributed by atoms with E-state index >= 15 is 0 Å². The molecule has 0 saturated heterocycles. The number of carboxylic acids is 1. The van der Waals surface area contributed by atoms with Crippen molar-refractivity contribution in [2.75, 3.05) is 33.8 Å². The average Bonchev–Trinajstić information content (AvgIpc) is 3.13. The van der Waals surface area contributed by atoms with Crippen LogP contribution in [0.25, 0.3) is 0 Å². The molecule has 1 aliphatic carbocycles. The fourth-order valence-corrected chi connectivity index (χ4v) is 4.30. The second-order valence-corrected chi connectivity index (χ2v) is 9.18. The zero-order valence-corrected chi connectivity index (χ0v) is 18.1. The standard InChI is InChI=1S/C25H33NO4/c1-26(2,14-13-20-15-21-5-3-4-6-22(21)16-20)17-23(27)18-30-24-10-7-19(8-11-24)9-12-25(28)29/h3-8,10-11,20,23,27H,9,12-18H2,1-2H3/p+1/t23-/m1/s1. The minimum Gasteiger partial charge on any atom is -0.491 e. The number of benzene rings is 2. The van der Waals surface area contributed by atoms with Crippen LogP contribution in [-0.4, -0.2) is 60.6 Å². The number of ether oxygens (including phenoxy) is 1. The Morgan fingerprint density at radius 1 is 1.10 bits per heavy atom. The van der Waals surface area contributed by atoms with Crippen LogP contribution in [0.5, 0.6) is 5.75 Å². The summed E-state index contributed by atoms with van der Waals surface area (Å²) in [6.07, 6.45) is 3.60. The number of carbonyl (C=O) groups is 1. The number of likely N-dealkylation sites (N-methyl/N-ethyl adjacent to an activating group) is 1. The molecule has 0 spiro atoms. The molecule has 3 rings (SSSR count). The summed E-state index contributed by atoms with van der Waals surface area (Å²) in [5.41, 5.74) is 3.96. The minimum absolute atomic E-state index is 0.124. The number of aryl methyl sites for hydroxylation is 1. The second kappa shape index (κ2) is 10.1. The quantitative estimate of drug-likeness (QED) is 0.556. The Kier molecular flexibility index (Phi) is 7.51. The van der Waals surface area contributed by atoms with Crippen molar-refractivity contribution >= 4 is 5.97 Å². The lowest BCUT2D eigenvalue weighted by atomic mass is 10.0. The monoisotopic (exact) mass is 412 g/mol. The van der Waals surface area contributed by atoms with Crippen molar-refractivity contribution in [3.8, 4) is 5.75 Å². The molecule has 30 heavy (non-hydrogen) atoms. The lowest BCUT2D eigenvalue weighted by Crippen LogP contribution is -2.47. The van der Waals surface area contributed by atoms with Crippen LogP contribution in [0.15, 0.2) is 48.5 Å². The first kappa shape index (κ1) is 22.3. The van der Waals surface area contributed by atoms with Crippen molar-refractivity contribution < 1.29 is 24.2 Å². The molecule has 0 fully saturated rings. The summed E-state index contributed by atoms with van der Waals surface area (Å²) in [5.74, 6) is 0.603. The molecular weight excluding hydrogens is 378 g/mol. The lowest BCUT2D eigenvalue weighted by molar-refractivity contribution is -0.894. The molecule has 2 aromatic carbocycles. The number of hydrogen-bond acceptors (Lipinski definition) is 3. The molecule has 0 radical (unpaired) electrons. The zero-order valence-electron chi connectivity index (χ0n) is 18.1. The van der Waals surface area contributed by atoms with Gasteiger partial charge < -0.3 is 19.4 Å². The van der Waals surface area contributed by atoms with Crippen LogP contribution < -0.4 is 4.74 Å². The van der Waals surface area contributed by atoms with Gasteiger partial charge in [0.15, 0.2) is 0 Å². The third-order valence-electron chi connectivity index (χ3n) is 5.98. The van der Waals surface area contributed by atoms with E-state index in [9.17, 15) is 9.90 Å². The molecule has 1 aliphatic rings. The molecule has 0 bridgehead atoms. The number of aliphatic hydroxyl groups is 1. The van der Waals surface area contributed by atoms with Crippen LogP contribution in [0, 0.1) is 5.92 Å². The maximum atomic E-state index is 10.6. The molecule has 0 aliphatic heterocycles. The highest BCUT2D eigenvalue weighted by atomic mass is 16.5. The van der Waals surface area contributed by atoms with Gasteiger partial charge in [-0.05, 0) is 54.0 Å². The molecule has 2 N–H and O–H groups in total. The predicted octanol–water partition coefficient (Wildman–Crippen LogP) is 3.33. The maximum absolute atomic E-state index is 10.6. The van der Waals surface area contributed by atoms with Crippen LogP contribution in [0.1, 0.15) is 29.5 Å². The number of fused-ring (bicyclic) bond motifs is 1. The molecule has 1 atom stereocenters. The van der Waals surface area contributed by atoms with Crippen LogP contribution in [-0.2, 0) is 24.1 Å². The van der Waals surface area contributed by atoms with Crippen molar-refractivity contribution in [2.45, 2.75) is 38.2 Å². The minimum atomic E-state index is -0.795. The van der Waals surface area contributed by atoms with Crippen LogP contribution >= 0.6 is 0 Å². The van der Waals surface area contributed by atoms with E-state index in [4.69, 9.17) is 9.84 Å². The van der Waals surface area contributed by atoms with E-state index in [0.717, 1.165) is 23.0 Å². The van der Waals surface area contributed by atoms with Gasteiger partial charge in [0.2, 0.25) is 0 Å². The first-order chi connectivity index (χ1) is 14.3. The molecule has 0 aromatic heterocycles. The number of aliphatic carboxylic acids is 1. The Bertz CT molecular complexity index is 806. The van der Waals surface area contributed by atoms with Gasteiger partial charge in [-0.15, -0.1) is 0 Å². The second-order valence-electron chi connectivity index (χ2n) is 9.18. The molecule has 0 saturated carbocycles. The highest BCUT2D eigenvalue weighted by Gasteiger charge is 2.26. The summed E-state index contributed by atoms with van der Waals surface area (Å²) in [7, 11) is 4.34. The number of nitrogens with zero attached hydrogens (tertiary/aromatic N) is 1. The molecule has 2 aromatic rings. The summed E-state index contributed by atoms with van der Waals surface area (Å²) in [4.78, 5) is 10.6. The third-order valence-corrected chi connectivity index (χ3v) is 5.98. The third kappa shape index (κ3) is 6.85. The van der Waals surface area contributed by atoms with Crippen LogP contribution in [0.2, 0.25) is 0 Å². The number of quaternary nitrogens is 1. The average molecular weight is 413 g/mol. The largest absolute Gasteiger partial charge is 0.491 e. The lowest BCUT2D eigenvalue weighted by Gasteiger charge is -2.32. The Balaban J connectivity index is 1.38. The van der Waals surface area contributed by atoms with E-state index < -0.39 is 12.1 Å². The normalized spacial score (nSPS) is 15.0. The Morgan fingerprint density at radius 3 is 2.33 bits per heavy atom. The van der Waals surface area contributed by atoms with Crippen LogP contribution in [0.3, 0.4) is 0 Å². The smallest absolute Gasteiger partial charge is 0.303 e. The fraction of sp³-hybridized carbons (Fsp3) is 0.480. The summed E-state index contributed by atoms with van der Waals surface area (Å²) >= 11 is 0. The Labute approximate surface area is 179 Å². The van der Waals surface area contributed by atoms with Crippen molar-refractivity contribution in [3.63, 3.8) is 0 Å².